The van der Waals surface area contributed by atoms with Crippen LogP contribution in [0.25, 0.3) is 16.7 Å². The molecule has 206 valence electrons. The largest absolute Gasteiger partial charge is 0.432 e. The summed E-state index contributed by atoms with van der Waals surface area (Å²) in [5.41, 5.74) is 0.994. The highest BCUT2D eigenvalue weighted by Gasteiger charge is 2.25. The topological polar surface area (TPSA) is 133 Å². The number of carbonyl (C=O) groups excluding carboxylic acids is 2. The van der Waals surface area contributed by atoms with E-state index in [-0.39, 0.29) is 41.4 Å². The Bertz CT molecular complexity index is 1820. The van der Waals surface area contributed by atoms with E-state index < -0.39 is 29.5 Å². The molecule has 0 spiro atoms. The molecule has 0 radical (unpaired) electrons. The average Bonchev–Trinajstić information content (AvgIpc) is 3.43. The number of carbonyl (C=O) groups is 2. The molecule has 0 aliphatic carbocycles. The number of halogens is 3. The lowest BCUT2D eigenvalue weighted by atomic mass is 10.2. The predicted octanol–water partition coefficient (Wildman–Crippen LogP) is 3.16. The molecule has 0 aliphatic heterocycles. The first-order chi connectivity index (χ1) is 19.0. The van der Waals surface area contributed by atoms with Crippen LogP contribution < -0.4 is 21.1 Å². The minimum absolute atomic E-state index is 0.0309. The molecule has 3 aromatic heterocycles. The Hall–Kier alpha value is -5.14. The average molecular weight is 554 g/mol. The fourth-order valence-electron chi connectivity index (χ4n) is 3.98. The van der Waals surface area contributed by atoms with E-state index in [9.17, 15) is 27.6 Å². The van der Waals surface area contributed by atoms with Crippen molar-refractivity contribution in [3.8, 4) is 5.75 Å². The van der Waals surface area contributed by atoms with Gasteiger partial charge in [0.2, 0.25) is 0 Å². The monoisotopic (exact) mass is 554 g/mol. The third-order valence-electron chi connectivity index (χ3n) is 5.90. The molecule has 2 N–H and O–H groups in total. The Morgan fingerprint density at radius 1 is 1.07 bits per heavy atom. The molecule has 2 aromatic carbocycles. The molecule has 0 saturated carbocycles. The number of nitrogens with zero attached hydrogens (tertiary/aromatic N) is 4. The zero-order valence-electron chi connectivity index (χ0n) is 21.1. The van der Waals surface area contributed by atoms with Crippen molar-refractivity contribution < 1.29 is 31.9 Å². The number of benzene rings is 2. The van der Waals surface area contributed by atoms with E-state index in [2.05, 4.69) is 25.5 Å². The normalized spacial score (nSPS) is 11.6. The Kier molecular flexibility index (Phi) is 6.75. The van der Waals surface area contributed by atoms with E-state index in [0.29, 0.717) is 23.6 Å². The van der Waals surface area contributed by atoms with Crippen molar-refractivity contribution in [1.82, 2.24) is 29.8 Å². The zero-order valence-corrected chi connectivity index (χ0v) is 21.1. The first-order valence-corrected chi connectivity index (χ1v) is 11.8. The summed E-state index contributed by atoms with van der Waals surface area (Å²) in [6.45, 7) is 0.412. The van der Waals surface area contributed by atoms with Gasteiger partial charge in [0.25, 0.3) is 11.8 Å². The molecule has 0 aliphatic rings. The molecule has 11 nitrogen and oxygen atoms in total. The van der Waals surface area contributed by atoms with Crippen molar-refractivity contribution in [2.45, 2.75) is 26.1 Å². The van der Waals surface area contributed by atoms with Crippen LogP contribution in [0.5, 0.6) is 5.75 Å². The standard InChI is InChI=1S/C26H21F3N6O5/c1-26(28,29)40-20-6-4-3-5-15(20)12-31-24(37)19-10-17(33-22-16(27)13-32-35(19)22)23(36)30-11-14-7-8-21-18(9-14)34(2)25(38)39-21/h3-10,13H,11-12H2,1-2H3,(H,30,36)(H,31,37). The van der Waals surface area contributed by atoms with Gasteiger partial charge in [-0.2, -0.15) is 13.9 Å². The van der Waals surface area contributed by atoms with Gasteiger partial charge in [0, 0.05) is 38.7 Å². The summed E-state index contributed by atoms with van der Waals surface area (Å²) in [6.07, 6.45) is -2.59. The summed E-state index contributed by atoms with van der Waals surface area (Å²) in [4.78, 5) is 41.7. The minimum atomic E-state index is -3.44. The minimum Gasteiger partial charge on any atom is -0.432 e. The van der Waals surface area contributed by atoms with Crippen LogP contribution in [0.4, 0.5) is 13.2 Å². The fraction of sp³-hybridized carbons (Fsp3) is 0.192. The van der Waals surface area contributed by atoms with Gasteiger partial charge in [-0.3, -0.25) is 14.2 Å². The van der Waals surface area contributed by atoms with Gasteiger partial charge in [-0.15, -0.1) is 0 Å². The third-order valence-corrected chi connectivity index (χ3v) is 5.90. The number of para-hydroxylation sites is 1. The predicted molar refractivity (Wildman–Crippen MR) is 134 cm³/mol. The van der Waals surface area contributed by atoms with E-state index in [0.717, 1.165) is 16.8 Å². The lowest BCUT2D eigenvalue weighted by Gasteiger charge is -2.16. The summed E-state index contributed by atoms with van der Waals surface area (Å²) in [6, 6.07) is 12.0. The van der Waals surface area contributed by atoms with Crippen molar-refractivity contribution in [2.75, 3.05) is 0 Å². The van der Waals surface area contributed by atoms with Gasteiger partial charge in [0.1, 0.15) is 17.1 Å². The van der Waals surface area contributed by atoms with Crippen LogP contribution in [0.1, 0.15) is 39.0 Å². The van der Waals surface area contributed by atoms with E-state index in [1.807, 2.05) is 0 Å². The lowest BCUT2D eigenvalue weighted by Crippen LogP contribution is -2.29. The number of nitrogens with one attached hydrogen (secondary N) is 2. The maximum absolute atomic E-state index is 14.4. The Morgan fingerprint density at radius 2 is 1.82 bits per heavy atom. The van der Waals surface area contributed by atoms with Crippen molar-refractivity contribution >= 4 is 28.6 Å². The SMILES string of the molecule is Cn1c(=O)oc2ccc(CNC(=O)c3cc(C(=O)NCc4ccccc4OC(C)(F)F)n4ncc(F)c4n3)cc21. The van der Waals surface area contributed by atoms with Crippen LogP contribution in [0.15, 0.2) is 63.9 Å². The number of ether oxygens (including phenoxy) is 1. The number of oxazole rings is 1. The first kappa shape index (κ1) is 26.5. The highest BCUT2D eigenvalue weighted by atomic mass is 19.3. The number of hydrogen-bond donors (Lipinski definition) is 2. The molecular weight excluding hydrogens is 533 g/mol. The Labute approximate surface area is 223 Å². The van der Waals surface area contributed by atoms with Crippen LogP contribution in [0.2, 0.25) is 0 Å². The molecule has 5 aromatic rings. The van der Waals surface area contributed by atoms with Gasteiger partial charge < -0.3 is 19.8 Å². The van der Waals surface area contributed by atoms with E-state index in [4.69, 9.17) is 4.42 Å². The molecule has 5 rings (SSSR count). The quantitative estimate of drug-likeness (QED) is 0.301. The van der Waals surface area contributed by atoms with Gasteiger partial charge in [0.15, 0.2) is 17.0 Å². The van der Waals surface area contributed by atoms with E-state index >= 15 is 0 Å². The lowest BCUT2D eigenvalue weighted by molar-refractivity contribution is -0.159. The molecule has 3 heterocycles. The fourth-order valence-corrected chi connectivity index (χ4v) is 3.98. The molecule has 0 saturated heterocycles. The molecule has 0 unspecified atom stereocenters. The van der Waals surface area contributed by atoms with Gasteiger partial charge in [-0.05, 0) is 23.8 Å². The third kappa shape index (κ3) is 5.36. The summed E-state index contributed by atoms with van der Waals surface area (Å²) in [5.74, 6) is -2.99. The molecule has 0 bridgehead atoms. The van der Waals surface area contributed by atoms with E-state index in [1.165, 1.54) is 22.8 Å². The Morgan fingerprint density at radius 3 is 2.60 bits per heavy atom. The van der Waals surface area contributed by atoms with Crippen LogP contribution in [0.3, 0.4) is 0 Å². The molecule has 14 heteroatoms. The zero-order chi connectivity index (χ0) is 28.6. The highest BCUT2D eigenvalue weighted by Crippen LogP contribution is 2.25. The number of fused-ring (bicyclic) bond motifs is 2. The van der Waals surface area contributed by atoms with Gasteiger partial charge >= 0.3 is 11.9 Å². The number of alkyl halides is 2. The van der Waals surface area contributed by atoms with Crippen molar-refractivity contribution in [3.63, 3.8) is 0 Å². The molecule has 40 heavy (non-hydrogen) atoms. The molecule has 0 atom stereocenters. The number of aromatic nitrogens is 4. The summed E-state index contributed by atoms with van der Waals surface area (Å²) >= 11 is 0. The first-order valence-electron chi connectivity index (χ1n) is 11.8. The summed E-state index contributed by atoms with van der Waals surface area (Å²) in [7, 11) is 1.55. The number of amides is 2. The van der Waals surface area contributed by atoms with Crippen LogP contribution in [0, 0.1) is 5.82 Å². The van der Waals surface area contributed by atoms with Gasteiger partial charge in [-0.25, -0.2) is 18.7 Å². The van der Waals surface area contributed by atoms with Crippen molar-refractivity contribution in [2.24, 2.45) is 7.05 Å². The van der Waals surface area contributed by atoms with Gasteiger partial charge in [-0.1, -0.05) is 24.3 Å². The van der Waals surface area contributed by atoms with Crippen LogP contribution in [-0.2, 0) is 20.1 Å². The number of aryl methyl sites for hydroxylation is 1. The Balaban J connectivity index is 1.36. The second-order valence-corrected chi connectivity index (χ2v) is 8.87. The maximum Gasteiger partial charge on any atom is 0.419 e. The summed E-state index contributed by atoms with van der Waals surface area (Å²) < 4.78 is 53.2. The van der Waals surface area contributed by atoms with E-state index in [1.54, 1.807) is 31.3 Å². The molecular formula is C26H21F3N6O5. The van der Waals surface area contributed by atoms with Crippen LogP contribution >= 0.6 is 0 Å². The van der Waals surface area contributed by atoms with Crippen molar-refractivity contribution in [3.05, 3.63) is 93.6 Å². The van der Waals surface area contributed by atoms with Crippen molar-refractivity contribution in [1.29, 1.82) is 0 Å². The smallest absolute Gasteiger partial charge is 0.419 e. The number of hydrogen-bond acceptors (Lipinski definition) is 7. The molecule has 2 amide bonds. The van der Waals surface area contributed by atoms with Gasteiger partial charge in [0.05, 0.1) is 11.7 Å². The highest BCUT2D eigenvalue weighted by molar-refractivity contribution is 5.98. The summed E-state index contributed by atoms with van der Waals surface area (Å²) in [5, 5.41) is 9.01. The number of rotatable bonds is 8. The van der Waals surface area contributed by atoms with Crippen LogP contribution in [-0.4, -0.2) is 37.1 Å². The maximum atomic E-state index is 14.4. The second-order valence-electron chi connectivity index (χ2n) is 8.87. The molecule has 0 fully saturated rings. The second kappa shape index (κ2) is 10.2.